The highest BCUT2D eigenvalue weighted by Crippen LogP contribution is 2.28. The number of halogens is 1. The highest BCUT2D eigenvalue weighted by atomic mass is 127. The number of hydrogen-bond donors (Lipinski definition) is 0. The Hall–Kier alpha value is -2.35. The first-order chi connectivity index (χ1) is 15.4. The lowest BCUT2D eigenvalue weighted by Crippen LogP contribution is -2.27. The van der Waals surface area contributed by atoms with Crippen molar-refractivity contribution in [2.75, 3.05) is 6.61 Å². The maximum atomic E-state index is 12.4. The van der Waals surface area contributed by atoms with E-state index in [9.17, 15) is 9.59 Å². The molecule has 5 nitrogen and oxygen atoms in total. The lowest BCUT2D eigenvalue weighted by atomic mass is 9.88. The predicted molar refractivity (Wildman–Crippen MR) is 139 cm³/mol. The number of hydrogen-bond acceptors (Lipinski definition) is 5. The third-order valence-corrected chi connectivity index (χ3v) is 5.09. The smallest absolute Gasteiger partial charge is 0.344 e. The zero-order valence-electron chi connectivity index (χ0n) is 20.2. The second-order valence-corrected chi connectivity index (χ2v) is 10.9. The monoisotopic (exact) mass is 564 g/mol. The summed E-state index contributed by atoms with van der Waals surface area (Å²) in [6.07, 6.45) is 2.28. The lowest BCUT2D eigenvalue weighted by Gasteiger charge is -2.19. The summed E-state index contributed by atoms with van der Waals surface area (Å²) >= 11 is 2.34. The summed E-state index contributed by atoms with van der Waals surface area (Å²) < 4.78 is 17.3. The van der Waals surface area contributed by atoms with Gasteiger partial charge in [0.15, 0.2) is 6.61 Å². The third-order valence-electron chi connectivity index (χ3n) is 4.73. The van der Waals surface area contributed by atoms with Gasteiger partial charge in [0.1, 0.15) is 18.0 Å². The summed E-state index contributed by atoms with van der Waals surface area (Å²) in [5.74, 6) is 0.464. The maximum Gasteiger partial charge on any atom is 0.344 e. The Morgan fingerprint density at radius 1 is 1.00 bits per heavy atom. The van der Waals surface area contributed by atoms with E-state index >= 15 is 0 Å². The topological polar surface area (TPSA) is 61.8 Å². The quantitative estimate of drug-likeness (QED) is 0.247. The van der Waals surface area contributed by atoms with Crippen LogP contribution in [0.2, 0.25) is 0 Å². The SMILES string of the molecule is C/C(I)=C\C(c1ccc(COC(=O)c2ccc(OCC(=O)OC(C)(C)C)cc2)cc1)C(C)C. The van der Waals surface area contributed by atoms with Crippen molar-refractivity contribution in [3.05, 3.63) is 74.9 Å². The van der Waals surface area contributed by atoms with Crippen LogP contribution < -0.4 is 4.74 Å². The van der Waals surface area contributed by atoms with Gasteiger partial charge in [0.05, 0.1) is 5.56 Å². The molecule has 0 spiro atoms. The number of carbonyl (C=O) groups is 2. The molecule has 0 aliphatic heterocycles. The van der Waals surface area contributed by atoms with Crippen molar-refractivity contribution in [1.29, 1.82) is 0 Å². The Morgan fingerprint density at radius 3 is 2.12 bits per heavy atom. The average molecular weight is 564 g/mol. The van der Waals surface area contributed by atoms with Crippen LogP contribution in [0.15, 0.2) is 58.2 Å². The first kappa shape index (κ1) is 26.9. The van der Waals surface area contributed by atoms with E-state index in [1.165, 1.54) is 9.14 Å². The molecule has 33 heavy (non-hydrogen) atoms. The van der Waals surface area contributed by atoms with Crippen molar-refractivity contribution in [2.45, 2.75) is 59.7 Å². The first-order valence-corrected chi connectivity index (χ1v) is 12.1. The number of rotatable bonds is 9. The molecular weight excluding hydrogens is 531 g/mol. The van der Waals surface area contributed by atoms with Crippen molar-refractivity contribution in [3.8, 4) is 5.75 Å². The first-order valence-electron chi connectivity index (χ1n) is 11.0. The van der Waals surface area contributed by atoms with E-state index in [0.717, 1.165) is 5.56 Å². The van der Waals surface area contributed by atoms with Crippen LogP contribution in [0.3, 0.4) is 0 Å². The molecule has 0 saturated heterocycles. The third kappa shape index (κ3) is 9.58. The molecular formula is C27H33IO5. The number of allylic oxidation sites excluding steroid dienone is 2. The molecule has 0 bridgehead atoms. The molecule has 2 aromatic carbocycles. The Kier molecular flexibility index (Phi) is 9.95. The number of esters is 2. The van der Waals surface area contributed by atoms with Crippen LogP contribution in [0.25, 0.3) is 0 Å². The molecule has 2 aromatic rings. The second-order valence-electron chi connectivity index (χ2n) is 9.24. The van der Waals surface area contributed by atoms with Crippen molar-refractivity contribution in [2.24, 2.45) is 5.92 Å². The van der Waals surface area contributed by atoms with E-state index in [2.05, 4.69) is 61.6 Å². The highest BCUT2D eigenvalue weighted by molar-refractivity contribution is 14.1. The fourth-order valence-corrected chi connectivity index (χ4v) is 3.58. The van der Waals surface area contributed by atoms with E-state index in [1.807, 2.05) is 12.1 Å². The molecule has 178 valence electrons. The maximum absolute atomic E-state index is 12.4. The fourth-order valence-electron chi connectivity index (χ4n) is 3.19. The molecule has 0 saturated carbocycles. The average Bonchev–Trinajstić information content (AvgIpc) is 2.73. The Balaban J connectivity index is 1.89. The zero-order chi connectivity index (χ0) is 24.6. The summed E-state index contributed by atoms with van der Waals surface area (Å²) in [7, 11) is 0. The molecule has 0 aromatic heterocycles. The van der Waals surface area contributed by atoms with Gasteiger partial charge in [-0.05, 0) is 95.2 Å². The van der Waals surface area contributed by atoms with E-state index in [1.54, 1.807) is 45.0 Å². The van der Waals surface area contributed by atoms with Crippen LogP contribution >= 0.6 is 22.6 Å². The van der Waals surface area contributed by atoms with Crippen LogP contribution in [-0.2, 0) is 20.9 Å². The van der Waals surface area contributed by atoms with Gasteiger partial charge in [-0.1, -0.05) is 44.2 Å². The Labute approximate surface area is 210 Å². The number of ether oxygens (including phenoxy) is 3. The summed E-state index contributed by atoms with van der Waals surface area (Å²) in [5, 5.41) is 0. The summed E-state index contributed by atoms with van der Waals surface area (Å²) in [4.78, 5) is 24.1. The van der Waals surface area contributed by atoms with Gasteiger partial charge >= 0.3 is 11.9 Å². The van der Waals surface area contributed by atoms with Gasteiger partial charge < -0.3 is 14.2 Å². The van der Waals surface area contributed by atoms with E-state index in [0.29, 0.717) is 23.1 Å². The van der Waals surface area contributed by atoms with Gasteiger partial charge in [-0.2, -0.15) is 0 Å². The Bertz CT molecular complexity index is 950. The van der Waals surface area contributed by atoms with Crippen molar-refractivity contribution in [3.63, 3.8) is 0 Å². The zero-order valence-corrected chi connectivity index (χ0v) is 22.3. The van der Waals surface area contributed by atoms with E-state index in [4.69, 9.17) is 14.2 Å². The second kappa shape index (κ2) is 12.2. The van der Waals surface area contributed by atoms with E-state index in [-0.39, 0.29) is 13.2 Å². The summed E-state index contributed by atoms with van der Waals surface area (Å²) in [6, 6.07) is 14.7. The van der Waals surface area contributed by atoms with Crippen molar-refractivity contribution < 1.29 is 23.8 Å². The standard InChI is InChI=1S/C27H33IO5/c1-18(2)24(15-19(3)28)21-9-7-20(8-10-21)16-32-26(30)22-11-13-23(14-12-22)31-17-25(29)33-27(4,5)6/h7-15,18,24H,16-17H2,1-6H3/b19-15+. The van der Waals surface area contributed by atoms with Gasteiger partial charge in [-0.15, -0.1) is 0 Å². The van der Waals surface area contributed by atoms with Gasteiger partial charge in [0.25, 0.3) is 0 Å². The van der Waals surface area contributed by atoms with Crippen LogP contribution in [0, 0.1) is 5.92 Å². The van der Waals surface area contributed by atoms with Crippen LogP contribution in [0.1, 0.15) is 68.9 Å². The molecule has 0 aliphatic carbocycles. The number of benzene rings is 2. The minimum Gasteiger partial charge on any atom is -0.482 e. The lowest BCUT2D eigenvalue weighted by molar-refractivity contribution is -0.157. The Morgan fingerprint density at radius 2 is 1.61 bits per heavy atom. The van der Waals surface area contributed by atoms with Crippen LogP contribution in [-0.4, -0.2) is 24.1 Å². The molecule has 2 rings (SSSR count). The van der Waals surface area contributed by atoms with Crippen LogP contribution in [0.5, 0.6) is 5.75 Å². The van der Waals surface area contributed by atoms with E-state index < -0.39 is 17.5 Å². The molecule has 1 atom stereocenters. The molecule has 0 N–H and O–H groups in total. The molecule has 0 radical (unpaired) electrons. The molecule has 0 fully saturated rings. The predicted octanol–water partition coefficient (Wildman–Crippen LogP) is 6.84. The highest BCUT2D eigenvalue weighted by Gasteiger charge is 2.17. The van der Waals surface area contributed by atoms with Crippen molar-refractivity contribution in [1.82, 2.24) is 0 Å². The van der Waals surface area contributed by atoms with Crippen LogP contribution in [0.4, 0.5) is 0 Å². The largest absolute Gasteiger partial charge is 0.482 e. The normalized spacial score (nSPS) is 12.9. The summed E-state index contributed by atoms with van der Waals surface area (Å²) in [5.41, 5.74) is 2.04. The minimum absolute atomic E-state index is 0.193. The molecule has 0 heterocycles. The van der Waals surface area contributed by atoms with Crippen molar-refractivity contribution >= 4 is 34.5 Å². The van der Waals surface area contributed by atoms with Gasteiger partial charge in [0, 0.05) is 5.92 Å². The van der Waals surface area contributed by atoms with Gasteiger partial charge in [-0.3, -0.25) is 0 Å². The minimum atomic E-state index is -0.560. The van der Waals surface area contributed by atoms with Gasteiger partial charge in [-0.25, -0.2) is 9.59 Å². The molecule has 6 heteroatoms. The molecule has 0 aliphatic rings. The molecule has 1 unspecified atom stereocenters. The summed E-state index contributed by atoms with van der Waals surface area (Å²) in [6.45, 7) is 11.9. The molecule has 0 amide bonds. The van der Waals surface area contributed by atoms with Gasteiger partial charge in [0.2, 0.25) is 0 Å². The number of carbonyl (C=O) groups excluding carboxylic acids is 2. The fraction of sp³-hybridized carbons (Fsp3) is 0.407.